The monoisotopic (exact) mass is 714 g/mol. The first-order valence-corrected chi connectivity index (χ1v) is 20.2. The lowest BCUT2D eigenvalue weighted by molar-refractivity contribution is -0.302. The van der Waals surface area contributed by atoms with Gasteiger partial charge in [-0.25, -0.2) is 0 Å². The first-order valence-electron chi connectivity index (χ1n) is 20.2. The van der Waals surface area contributed by atoms with Gasteiger partial charge in [0.05, 0.1) is 25.4 Å². The standard InChI is InChI=1S/C40H75NO9/c1-3-5-7-9-11-13-15-17-19-20-22-24-26-28-33(43)32(31-49-40-38(47)37(46)36(45)35(30-42)50-40)41-39(48)34(44)29-27-25-23-21-18-16-14-12-10-8-6-4-2/h19-20,26,28,32-38,40,42-47H,3-18,21-25,27,29-31H2,1-2H3,(H,41,48)/b20-19-,28-26+/t32?,33-,34-,35-,36-,37+,38-,40+/m1/s1. The minimum Gasteiger partial charge on any atom is -0.394 e. The molecule has 7 N–H and O–H groups in total. The summed E-state index contributed by atoms with van der Waals surface area (Å²) >= 11 is 0. The lowest BCUT2D eigenvalue weighted by atomic mass is 9.99. The molecule has 0 aromatic rings. The molecule has 1 fully saturated rings. The molecule has 1 aliphatic rings. The number of allylic oxidation sites excluding steroid dienone is 3. The van der Waals surface area contributed by atoms with Crippen LogP contribution in [0.5, 0.6) is 0 Å². The van der Waals surface area contributed by atoms with Crippen molar-refractivity contribution in [3.63, 3.8) is 0 Å². The van der Waals surface area contributed by atoms with Crippen LogP contribution in [0, 0.1) is 0 Å². The summed E-state index contributed by atoms with van der Waals surface area (Å²) in [7, 11) is 0. The van der Waals surface area contributed by atoms with Crippen molar-refractivity contribution in [3.8, 4) is 0 Å². The van der Waals surface area contributed by atoms with Crippen LogP contribution in [0.15, 0.2) is 24.3 Å². The van der Waals surface area contributed by atoms with Gasteiger partial charge in [0.25, 0.3) is 0 Å². The Hall–Kier alpha value is -1.37. The van der Waals surface area contributed by atoms with Gasteiger partial charge < -0.3 is 45.4 Å². The molecular weight excluding hydrogens is 638 g/mol. The van der Waals surface area contributed by atoms with E-state index in [1.807, 2.05) is 6.08 Å². The number of ether oxygens (including phenoxy) is 2. The fourth-order valence-corrected chi connectivity index (χ4v) is 6.24. The summed E-state index contributed by atoms with van der Waals surface area (Å²) < 4.78 is 11.1. The smallest absolute Gasteiger partial charge is 0.249 e. The first kappa shape index (κ1) is 46.7. The molecular formula is C40H75NO9. The number of carbonyl (C=O) groups is 1. The molecule has 0 aromatic heterocycles. The third-order valence-corrected chi connectivity index (χ3v) is 9.64. The molecule has 0 saturated carbocycles. The quantitative estimate of drug-likeness (QED) is 0.0320. The van der Waals surface area contributed by atoms with Gasteiger partial charge in [-0.1, -0.05) is 154 Å². The SMILES string of the molecule is CCCCCCCCC/C=C\CC/C=C/[C@@H](O)C(CO[C@H]1O[C@H](CO)[C@@H](O)[C@H](O)[C@H]1O)NC(=O)[C@H](O)CCCCCCCCCCCCCC. The van der Waals surface area contributed by atoms with Crippen LogP contribution in [-0.4, -0.2) is 98.7 Å². The summed E-state index contributed by atoms with van der Waals surface area (Å²) in [5.74, 6) is -0.628. The maximum absolute atomic E-state index is 12.9. The maximum Gasteiger partial charge on any atom is 0.249 e. The fourth-order valence-electron chi connectivity index (χ4n) is 6.24. The van der Waals surface area contributed by atoms with Crippen LogP contribution in [0.3, 0.4) is 0 Å². The van der Waals surface area contributed by atoms with Gasteiger partial charge in [0.15, 0.2) is 6.29 Å². The van der Waals surface area contributed by atoms with E-state index < -0.39 is 61.5 Å². The summed E-state index contributed by atoms with van der Waals surface area (Å²) in [5, 5.41) is 64.3. The first-order chi connectivity index (χ1) is 24.3. The number of hydrogen-bond acceptors (Lipinski definition) is 9. The predicted octanol–water partition coefficient (Wildman–Crippen LogP) is 6.13. The van der Waals surface area contributed by atoms with Crippen LogP contribution in [0.25, 0.3) is 0 Å². The number of amides is 1. The van der Waals surface area contributed by atoms with Gasteiger partial charge in [-0.05, 0) is 32.1 Å². The molecule has 294 valence electrons. The topological polar surface area (TPSA) is 169 Å². The van der Waals surface area contributed by atoms with Crippen molar-refractivity contribution in [2.24, 2.45) is 0 Å². The summed E-state index contributed by atoms with van der Waals surface area (Å²) in [6.45, 7) is 3.54. The fraction of sp³-hybridized carbons (Fsp3) is 0.875. The Morgan fingerprint density at radius 1 is 0.680 bits per heavy atom. The van der Waals surface area contributed by atoms with Crippen molar-refractivity contribution in [3.05, 3.63) is 24.3 Å². The summed E-state index contributed by atoms with van der Waals surface area (Å²) in [6, 6.07) is -0.990. The lowest BCUT2D eigenvalue weighted by Crippen LogP contribution is -2.60. The van der Waals surface area contributed by atoms with Crippen molar-refractivity contribution in [1.82, 2.24) is 5.32 Å². The third-order valence-electron chi connectivity index (χ3n) is 9.64. The Labute approximate surface area is 303 Å². The number of aliphatic hydroxyl groups is 6. The number of carbonyl (C=O) groups excluding carboxylic acids is 1. The van der Waals surface area contributed by atoms with Crippen LogP contribution >= 0.6 is 0 Å². The van der Waals surface area contributed by atoms with Gasteiger partial charge in [0, 0.05) is 0 Å². The van der Waals surface area contributed by atoms with Gasteiger partial charge in [0.1, 0.15) is 30.5 Å². The highest BCUT2D eigenvalue weighted by atomic mass is 16.7. The van der Waals surface area contributed by atoms with Crippen LogP contribution in [0.1, 0.15) is 162 Å². The minimum absolute atomic E-state index is 0.306. The molecule has 8 atom stereocenters. The van der Waals surface area contributed by atoms with E-state index in [2.05, 4.69) is 31.3 Å². The van der Waals surface area contributed by atoms with E-state index in [1.165, 1.54) is 96.3 Å². The van der Waals surface area contributed by atoms with E-state index in [4.69, 9.17) is 9.47 Å². The van der Waals surface area contributed by atoms with Crippen molar-refractivity contribution >= 4 is 5.91 Å². The molecule has 50 heavy (non-hydrogen) atoms. The zero-order valence-corrected chi connectivity index (χ0v) is 31.5. The van der Waals surface area contributed by atoms with Crippen LogP contribution in [0.2, 0.25) is 0 Å². The lowest BCUT2D eigenvalue weighted by Gasteiger charge is -2.40. The number of hydrogen-bond donors (Lipinski definition) is 7. The number of nitrogens with one attached hydrogen (secondary N) is 1. The van der Waals surface area contributed by atoms with E-state index in [9.17, 15) is 35.4 Å². The molecule has 0 aromatic carbocycles. The molecule has 1 rings (SSSR count). The summed E-state index contributed by atoms with van der Waals surface area (Å²) in [4.78, 5) is 12.9. The van der Waals surface area contributed by atoms with Crippen LogP contribution < -0.4 is 5.32 Å². The Morgan fingerprint density at radius 3 is 1.74 bits per heavy atom. The molecule has 0 bridgehead atoms. The van der Waals surface area contributed by atoms with E-state index >= 15 is 0 Å². The molecule has 1 unspecified atom stereocenters. The molecule has 0 spiro atoms. The Balaban J connectivity index is 2.54. The Bertz CT molecular complexity index is 855. The highest BCUT2D eigenvalue weighted by Gasteiger charge is 2.44. The Kier molecular flexibility index (Phi) is 29.1. The van der Waals surface area contributed by atoms with Gasteiger partial charge in [0.2, 0.25) is 5.91 Å². The van der Waals surface area contributed by atoms with Crippen molar-refractivity contribution in [1.29, 1.82) is 0 Å². The van der Waals surface area contributed by atoms with Gasteiger partial charge in [-0.3, -0.25) is 4.79 Å². The second-order valence-electron chi connectivity index (χ2n) is 14.2. The van der Waals surface area contributed by atoms with E-state index in [0.717, 1.165) is 32.1 Å². The normalized spacial score (nSPS) is 23.1. The second kappa shape index (κ2) is 31.2. The average Bonchev–Trinajstić information content (AvgIpc) is 3.11. The zero-order valence-electron chi connectivity index (χ0n) is 31.5. The molecule has 10 nitrogen and oxygen atoms in total. The van der Waals surface area contributed by atoms with E-state index in [0.29, 0.717) is 19.3 Å². The predicted molar refractivity (Wildman–Crippen MR) is 199 cm³/mol. The van der Waals surface area contributed by atoms with Crippen molar-refractivity contribution in [2.45, 2.75) is 210 Å². The van der Waals surface area contributed by atoms with Crippen LogP contribution in [0.4, 0.5) is 0 Å². The van der Waals surface area contributed by atoms with Crippen molar-refractivity contribution < 1.29 is 44.9 Å². The number of rotatable bonds is 32. The highest BCUT2D eigenvalue weighted by molar-refractivity contribution is 5.80. The number of unbranched alkanes of at least 4 members (excludes halogenated alkanes) is 19. The van der Waals surface area contributed by atoms with Crippen molar-refractivity contribution in [2.75, 3.05) is 13.2 Å². The summed E-state index contributed by atoms with van der Waals surface area (Å²) in [6.07, 6.45) is 24.1. The average molecular weight is 714 g/mol. The second-order valence-corrected chi connectivity index (χ2v) is 14.2. The summed E-state index contributed by atoms with van der Waals surface area (Å²) in [5.41, 5.74) is 0. The largest absolute Gasteiger partial charge is 0.394 e. The molecule has 1 heterocycles. The van der Waals surface area contributed by atoms with Gasteiger partial charge in [-0.15, -0.1) is 0 Å². The molecule has 1 amide bonds. The molecule has 10 heteroatoms. The minimum atomic E-state index is -1.61. The molecule has 0 aliphatic carbocycles. The highest BCUT2D eigenvalue weighted by Crippen LogP contribution is 2.22. The molecule has 1 aliphatic heterocycles. The third kappa shape index (κ3) is 21.9. The van der Waals surface area contributed by atoms with E-state index in [1.54, 1.807) is 6.08 Å². The number of aliphatic hydroxyl groups excluding tert-OH is 6. The van der Waals surface area contributed by atoms with Gasteiger partial charge in [-0.2, -0.15) is 0 Å². The Morgan fingerprint density at radius 2 is 1.18 bits per heavy atom. The maximum atomic E-state index is 12.9. The molecule has 0 radical (unpaired) electrons. The van der Waals surface area contributed by atoms with E-state index in [-0.39, 0.29) is 6.61 Å². The molecule has 1 saturated heterocycles. The zero-order chi connectivity index (χ0) is 36.8. The van der Waals surface area contributed by atoms with Crippen LogP contribution in [-0.2, 0) is 14.3 Å². The van der Waals surface area contributed by atoms with Gasteiger partial charge >= 0.3 is 0 Å².